The molecule has 1 aliphatic rings. The predicted molar refractivity (Wildman–Crippen MR) is 77.6 cm³/mol. The molecular weight excluding hydrogens is 254 g/mol. The lowest BCUT2D eigenvalue weighted by Gasteiger charge is -2.37. The molecule has 0 bridgehead atoms. The number of hydrogen-bond donors (Lipinski definition) is 0. The first-order valence-electron chi connectivity index (χ1n) is 6.96. The van der Waals surface area contributed by atoms with Gasteiger partial charge in [-0.3, -0.25) is 10.1 Å². The van der Waals surface area contributed by atoms with Crippen LogP contribution in [-0.4, -0.2) is 18.0 Å². The van der Waals surface area contributed by atoms with Gasteiger partial charge in [-0.1, -0.05) is 19.8 Å². The van der Waals surface area contributed by atoms with Gasteiger partial charge in [-0.25, -0.2) is 0 Å². The van der Waals surface area contributed by atoms with Crippen LogP contribution in [0.5, 0.6) is 0 Å². The highest BCUT2D eigenvalue weighted by molar-refractivity contribution is 5.60. The van der Waals surface area contributed by atoms with Gasteiger partial charge in [-0.05, 0) is 30.9 Å². The lowest BCUT2D eigenvalue weighted by atomic mass is 9.85. The minimum Gasteiger partial charge on any atom is -0.371 e. The Bertz CT molecular complexity index is 551. The fourth-order valence-electron chi connectivity index (χ4n) is 3.06. The maximum atomic E-state index is 10.9. The smallest absolute Gasteiger partial charge is 0.287 e. The Labute approximate surface area is 119 Å². The van der Waals surface area contributed by atoms with Crippen LogP contribution in [-0.2, 0) is 0 Å². The van der Waals surface area contributed by atoms with Crippen LogP contribution < -0.4 is 4.90 Å². The van der Waals surface area contributed by atoms with Crippen LogP contribution in [0.2, 0.25) is 0 Å². The van der Waals surface area contributed by atoms with Gasteiger partial charge in [0, 0.05) is 24.8 Å². The SMILES string of the molecule is CC1CCCCC1N(C)c1ccc([N+](=O)[O-])c(C#N)c1. The molecule has 0 aromatic heterocycles. The van der Waals surface area contributed by atoms with Crippen LogP contribution in [0.15, 0.2) is 18.2 Å². The summed E-state index contributed by atoms with van der Waals surface area (Å²) in [5.41, 5.74) is 0.884. The molecule has 5 nitrogen and oxygen atoms in total. The Kier molecular flexibility index (Phi) is 4.23. The molecule has 1 fully saturated rings. The quantitative estimate of drug-likeness (QED) is 0.624. The molecule has 1 aliphatic carbocycles. The summed E-state index contributed by atoms with van der Waals surface area (Å²) in [4.78, 5) is 12.5. The lowest BCUT2D eigenvalue weighted by Crippen LogP contribution is -2.39. The summed E-state index contributed by atoms with van der Waals surface area (Å²) in [5.74, 6) is 0.606. The van der Waals surface area contributed by atoms with E-state index in [0.717, 1.165) is 12.1 Å². The first kappa shape index (κ1) is 14.3. The summed E-state index contributed by atoms with van der Waals surface area (Å²) in [6, 6.07) is 7.15. The van der Waals surface area contributed by atoms with Gasteiger partial charge in [0.2, 0.25) is 0 Å². The number of nitro groups is 1. The van der Waals surface area contributed by atoms with Crippen LogP contribution in [0.25, 0.3) is 0 Å². The summed E-state index contributed by atoms with van der Waals surface area (Å²) in [6.45, 7) is 2.25. The van der Waals surface area contributed by atoms with E-state index in [1.807, 2.05) is 13.1 Å². The molecule has 0 heterocycles. The van der Waals surface area contributed by atoms with Gasteiger partial charge in [0.25, 0.3) is 5.69 Å². The average Bonchev–Trinajstić information content (AvgIpc) is 2.46. The molecule has 106 valence electrons. The third-order valence-electron chi connectivity index (χ3n) is 4.27. The summed E-state index contributed by atoms with van der Waals surface area (Å²) < 4.78 is 0. The molecule has 20 heavy (non-hydrogen) atoms. The van der Waals surface area contributed by atoms with Crippen molar-refractivity contribution < 1.29 is 4.92 Å². The molecule has 2 atom stereocenters. The normalized spacial score (nSPS) is 22.1. The minimum absolute atomic E-state index is 0.124. The predicted octanol–water partition coefficient (Wildman–Crippen LogP) is 3.48. The third kappa shape index (κ3) is 2.74. The van der Waals surface area contributed by atoms with Gasteiger partial charge in [0.1, 0.15) is 11.6 Å². The van der Waals surface area contributed by atoms with Crippen molar-refractivity contribution in [3.05, 3.63) is 33.9 Å². The highest BCUT2D eigenvalue weighted by Crippen LogP contribution is 2.32. The van der Waals surface area contributed by atoms with E-state index in [2.05, 4.69) is 11.8 Å². The maximum Gasteiger partial charge on any atom is 0.287 e. The van der Waals surface area contributed by atoms with Crippen LogP contribution >= 0.6 is 0 Å². The van der Waals surface area contributed by atoms with Gasteiger partial charge in [0.05, 0.1) is 4.92 Å². The van der Waals surface area contributed by atoms with Gasteiger partial charge >= 0.3 is 0 Å². The molecule has 0 spiro atoms. The molecule has 0 N–H and O–H groups in total. The van der Waals surface area contributed by atoms with Crippen molar-refractivity contribution in [1.29, 1.82) is 5.26 Å². The van der Waals surface area contributed by atoms with Crippen LogP contribution in [0, 0.1) is 27.4 Å². The Morgan fingerprint density at radius 3 is 2.70 bits per heavy atom. The molecule has 1 aromatic rings. The fourth-order valence-corrected chi connectivity index (χ4v) is 3.06. The second kappa shape index (κ2) is 5.91. The second-order valence-corrected chi connectivity index (χ2v) is 5.51. The Morgan fingerprint density at radius 1 is 1.40 bits per heavy atom. The maximum absolute atomic E-state index is 10.9. The molecule has 5 heteroatoms. The second-order valence-electron chi connectivity index (χ2n) is 5.51. The molecular formula is C15H19N3O2. The zero-order chi connectivity index (χ0) is 14.7. The van der Waals surface area contributed by atoms with Crippen molar-refractivity contribution >= 4 is 11.4 Å². The monoisotopic (exact) mass is 273 g/mol. The molecule has 1 saturated carbocycles. The molecule has 2 unspecified atom stereocenters. The van der Waals surface area contributed by atoms with E-state index in [4.69, 9.17) is 5.26 Å². The summed E-state index contributed by atoms with van der Waals surface area (Å²) >= 11 is 0. The highest BCUT2D eigenvalue weighted by atomic mass is 16.6. The number of benzene rings is 1. The van der Waals surface area contributed by atoms with E-state index < -0.39 is 4.92 Å². The molecule has 0 aliphatic heterocycles. The zero-order valence-corrected chi connectivity index (χ0v) is 11.9. The molecule has 2 rings (SSSR count). The van der Waals surface area contributed by atoms with Gasteiger partial charge in [-0.2, -0.15) is 5.26 Å². The van der Waals surface area contributed by atoms with E-state index in [-0.39, 0.29) is 11.3 Å². The van der Waals surface area contributed by atoms with E-state index in [1.54, 1.807) is 12.1 Å². The molecule has 0 amide bonds. The lowest BCUT2D eigenvalue weighted by molar-refractivity contribution is -0.385. The first-order valence-corrected chi connectivity index (χ1v) is 6.96. The van der Waals surface area contributed by atoms with Gasteiger partial charge in [-0.15, -0.1) is 0 Å². The zero-order valence-electron chi connectivity index (χ0n) is 11.9. The molecule has 0 saturated heterocycles. The van der Waals surface area contributed by atoms with E-state index in [0.29, 0.717) is 12.0 Å². The van der Waals surface area contributed by atoms with Crippen LogP contribution in [0.1, 0.15) is 38.2 Å². The number of hydrogen-bond acceptors (Lipinski definition) is 4. The number of nitriles is 1. The Balaban J connectivity index is 2.28. The Hall–Kier alpha value is -2.09. The van der Waals surface area contributed by atoms with E-state index >= 15 is 0 Å². The van der Waals surface area contributed by atoms with Crippen molar-refractivity contribution in [3.8, 4) is 6.07 Å². The topological polar surface area (TPSA) is 70.2 Å². The van der Waals surface area contributed by atoms with E-state index in [1.165, 1.54) is 25.3 Å². The number of nitrogens with zero attached hydrogens (tertiary/aromatic N) is 3. The fraction of sp³-hybridized carbons (Fsp3) is 0.533. The van der Waals surface area contributed by atoms with Crippen molar-refractivity contribution in [2.24, 2.45) is 5.92 Å². The average molecular weight is 273 g/mol. The van der Waals surface area contributed by atoms with Crippen molar-refractivity contribution in [1.82, 2.24) is 0 Å². The van der Waals surface area contributed by atoms with Crippen molar-refractivity contribution in [2.45, 2.75) is 38.6 Å². The Morgan fingerprint density at radius 2 is 2.10 bits per heavy atom. The number of rotatable bonds is 3. The van der Waals surface area contributed by atoms with Crippen molar-refractivity contribution in [2.75, 3.05) is 11.9 Å². The summed E-state index contributed by atoms with van der Waals surface area (Å²) in [5, 5.41) is 19.9. The van der Waals surface area contributed by atoms with Crippen LogP contribution in [0.4, 0.5) is 11.4 Å². The first-order chi connectivity index (χ1) is 9.54. The number of nitro benzene ring substituents is 1. The van der Waals surface area contributed by atoms with Gasteiger partial charge < -0.3 is 4.90 Å². The van der Waals surface area contributed by atoms with Crippen molar-refractivity contribution in [3.63, 3.8) is 0 Å². The van der Waals surface area contributed by atoms with E-state index in [9.17, 15) is 10.1 Å². The highest BCUT2D eigenvalue weighted by Gasteiger charge is 2.26. The summed E-state index contributed by atoms with van der Waals surface area (Å²) in [7, 11) is 2.01. The standard InChI is InChI=1S/C15H19N3O2/c1-11-5-3-4-6-14(11)17(2)13-7-8-15(18(19)20)12(9-13)10-16/h7-9,11,14H,3-6H2,1-2H3. The molecule has 1 aromatic carbocycles. The minimum atomic E-state index is -0.508. The number of anilines is 1. The largest absolute Gasteiger partial charge is 0.371 e. The molecule has 0 radical (unpaired) electrons. The van der Waals surface area contributed by atoms with Gasteiger partial charge in [0.15, 0.2) is 0 Å². The third-order valence-corrected chi connectivity index (χ3v) is 4.27. The summed E-state index contributed by atoms with van der Waals surface area (Å²) in [6.07, 6.45) is 4.84. The van der Waals surface area contributed by atoms with Crippen LogP contribution in [0.3, 0.4) is 0 Å².